The second-order valence-corrected chi connectivity index (χ2v) is 6.66. The van der Waals surface area contributed by atoms with Crippen LogP contribution in [-0.2, 0) is 6.54 Å². The standard InChI is InChI=1S/C15H20FN3S/c16-12-3-4-13-14(8-12)20-15(18-13)10-19-7-1-2-11(9-19)5-6-17/h3-4,8,11H,1-2,5-7,9-10,17H2. The number of rotatable bonds is 4. The normalized spacial score (nSPS) is 20.6. The Labute approximate surface area is 122 Å². The minimum Gasteiger partial charge on any atom is -0.330 e. The van der Waals surface area contributed by atoms with Gasteiger partial charge in [-0.05, 0) is 56.5 Å². The van der Waals surface area contributed by atoms with Gasteiger partial charge in [-0.3, -0.25) is 4.90 Å². The van der Waals surface area contributed by atoms with Crippen LogP contribution in [0.1, 0.15) is 24.3 Å². The number of hydrogen-bond donors (Lipinski definition) is 1. The molecule has 108 valence electrons. The molecule has 0 spiro atoms. The highest BCUT2D eigenvalue weighted by Gasteiger charge is 2.20. The van der Waals surface area contributed by atoms with Crippen molar-refractivity contribution < 1.29 is 4.39 Å². The van der Waals surface area contributed by atoms with Crippen molar-refractivity contribution in [2.45, 2.75) is 25.8 Å². The topological polar surface area (TPSA) is 42.1 Å². The van der Waals surface area contributed by atoms with Gasteiger partial charge in [0, 0.05) is 6.54 Å². The molecule has 0 radical (unpaired) electrons. The number of aromatic nitrogens is 1. The molecule has 2 heterocycles. The maximum atomic E-state index is 13.2. The molecule has 0 aliphatic carbocycles. The van der Waals surface area contributed by atoms with Gasteiger partial charge >= 0.3 is 0 Å². The molecular weight excluding hydrogens is 273 g/mol. The summed E-state index contributed by atoms with van der Waals surface area (Å²) >= 11 is 1.60. The van der Waals surface area contributed by atoms with Crippen molar-refractivity contribution in [3.63, 3.8) is 0 Å². The average Bonchev–Trinajstić information content (AvgIpc) is 2.81. The van der Waals surface area contributed by atoms with Crippen molar-refractivity contribution in [3.05, 3.63) is 29.0 Å². The molecule has 3 nitrogen and oxygen atoms in total. The highest BCUT2D eigenvalue weighted by atomic mass is 32.1. The summed E-state index contributed by atoms with van der Waals surface area (Å²) in [4.78, 5) is 7.06. The van der Waals surface area contributed by atoms with Gasteiger partial charge in [0.05, 0.1) is 16.8 Å². The zero-order valence-corrected chi connectivity index (χ0v) is 12.3. The Morgan fingerprint density at radius 3 is 3.20 bits per heavy atom. The van der Waals surface area contributed by atoms with Crippen LogP contribution in [0, 0.1) is 11.7 Å². The molecule has 20 heavy (non-hydrogen) atoms. The van der Waals surface area contributed by atoms with Gasteiger partial charge in [-0.2, -0.15) is 0 Å². The molecule has 1 aliphatic heterocycles. The van der Waals surface area contributed by atoms with E-state index in [1.54, 1.807) is 23.5 Å². The number of fused-ring (bicyclic) bond motifs is 1. The first kappa shape index (κ1) is 13.9. The second kappa shape index (κ2) is 6.16. The lowest BCUT2D eigenvalue weighted by Gasteiger charge is -2.31. The summed E-state index contributed by atoms with van der Waals surface area (Å²) in [5.74, 6) is 0.536. The molecule has 1 aromatic carbocycles. The first-order chi connectivity index (χ1) is 9.74. The Kier molecular flexibility index (Phi) is 4.29. The van der Waals surface area contributed by atoms with E-state index in [1.165, 1.54) is 18.9 Å². The number of halogens is 1. The number of likely N-dealkylation sites (tertiary alicyclic amines) is 1. The van der Waals surface area contributed by atoms with Gasteiger partial charge in [0.2, 0.25) is 0 Å². The Morgan fingerprint density at radius 2 is 2.35 bits per heavy atom. The van der Waals surface area contributed by atoms with Crippen molar-refractivity contribution >= 4 is 21.6 Å². The van der Waals surface area contributed by atoms with Crippen molar-refractivity contribution in [3.8, 4) is 0 Å². The van der Waals surface area contributed by atoms with E-state index in [4.69, 9.17) is 5.73 Å². The Morgan fingerprint density at radius 1 is 1.45 bits per heavy atom. The molecule has 2 N–H and O–H groups in total. The minimum atomic E-state index is -0.186. The van der Waals surface area contributed by atoms with Crippen molar-refractivity contribution in [2.24, 2.45) is 11.7 Å². The zero-order valence-electron chi connectivity index (χ0n) is 11.5. The smallest absolute Gasteiger partial charge is 0.124 e. The lowest BCUT2D eigenvalue weighted by molar-refractivity contribution is 0.163. The number of nitrogens with two attached hydrogens (primary N) is 1. The van der Waals surface area contributed by atoms with Crippen LogP contribution in [0.5, 0.6) is 0 Å². The molecule has 0 bridgehead atoms. The maximum absolute atomic E-state index is 13.2. The Hall–Kier alpha value is -1.04. The summed E-state index contributed by atoms with van der Waals surface area (Å²) < 4.78 is 14.1. The van der Waals surface area contributed by atoms with Crippen LogP contribution in [-0.4, -0.2) is 29.5 Å². The van der Waals surface area contributed by atoms with Crippen LogP contribution >= 0.6 is 11.3 Å². The first-order valence-electron chi connectivity index (χ1n) is 7.22. The predicted octanol–water partition coefficient (Wildman–Crippen LogP) is 3.00. The summed E-state index contributed by atoms with van der Waals surface area (Å²) in [5, 5.41) is 1.08. The highest BCUT2D eigenvalue weighted by Crippen LogP contribution is 2.26. The van der Waals surface area contributed by atoms with Gasteiger partial charge in [0.1, 0.15) is 10.8 Å². The van der Waals surface area contributed by atoms with Crippen molar-refractivity contribution in [1.82, 2.24) is 9.88 Å². The lowest BCUT2D eigenvalue weighted by Crippen LogP contribution is -2.35. The fourth-order valence-electron chi connectivity index (χ4n) is 2.97. The van der Waals surface area contributed by atoms with E-state index in [0.717, 1.165) is 53.7 Å². The average molecular weight is 293 g/mol. The van der Waals surface area contributed by atoms with Crippen LogP contribution in [0.25, 0.3) is 10.2 Å². The number of benzene rings is 1. The summed E-state index contributed by atoms with van der Waals surface area (Å²) in [5.41, 5.74) is 6.56. The number of thiazole rings is 1. The van der Waals surface area contributed by atoms with Crippen LogP contribution in [0.4, 0.5) is 4.39 Å². The van der Waals surface area contributed by atoms with Crippen molar-refractivity contribution in [2.75, 3.05) is 19.6 Å². The third-order valence-corrected chi connectivity index (χ3v) is 4.93. The SMILES string of the molecule is NCCC1CCCN(Cc2nc3ccc(F)cc3s2)C1. The first-order valence-corrected chi connectivity index (χ1v) is 8.03. The van der Waals surface area contributed by atoms with E-state index in [1.807, 2.05) is 0 Å². The molecule has 3 rings (SSSR count). The third kappa shape index (κ3) is 3.16. The van der Waals surface area contributed by atoms with Gasteiger partial charge in [-0.25, -0.2) is 9.37 Å². The lowest BCUT2D eigenvalue weighted by atomic mass is 9.95. The monoisotopic (exact) mass is 293 g/mol. The molecule has 0 saturated carbocycles. The molecule has 1 atom stereocenters. The summed E-state index contributed by atoms with van der Waals surface area (Å²) in [6.07, 6.45) is 3.64. The fraction of sp³-hybridized carbons (Fsp3) is 0.533. The van der Waals surface area contributed by atoms with Gasteiger partial charge in [-0.1, -0.05) is 0 Å². The van der Waals surface area contributed by atoms with E-state index < -0.39 is 0 Å². The molecule has 1 saturated heterocycles. The molecule has 5 heteroatoms. The second-order valence-electron chi connectivity index (χ2n) is 5.54. The number of hydrogen-bond acceptors (Lipinski definition) is 4. The summed E-state index contributed by atoms with van der Waals surface area (Å²) in [6, 6.07) is 4.81. The Bertz CT molecular complexity index is 582. The zero-order chi connectivity index (χ0) is 13.9. The molecule has 1 aliphatic rings. The van der Waals surface area contributed by atoms with Crippen LogP contribution in [0.3, 0.4) is 0 Å². The van der Waals surface area contributed by atoms with Crippen molar-refractivity contribution in [1.29, 1.82) is 0 Å². The fourth-order valence-corrected chi connectivity index (χ4v) is 4.01. The molecule has 0 amide bonds. The molecule has 1 unspecified atom stereocenters. The Balaban J connectivity index is 1.69. The quantitative estimate of drug-likeness (QED) is 0.942. The molecule has 1 aromatic heterocycles. The van der Waals surface area contributed by atoms with E-state index in [0.29, 0.717) is 0 Å². The van der Waals surface area contributed by atoms with Gasteiger partial charge < -0.3 is 5.73 Å². The largest absolute Gasteiger partial charge is 0.330 e. The molecular formula is C15H20FN3S. The van der Waals surface area contributed by atoms with Gasteiger partial charge in [-0.15, -0.1) is 11.3 Å². The molecule has 2 aromatic rings. The van der Waals surface area contributed by atoms with Gasteiger partial charge in [0.15, 0.2) is 0 Å². The van der Waals surface area contributed by atoms with E-state index in [-0.39, 0.29) is 5.82 Å². The van der Waals surface area contributed by atoms with E-state index >= 15 is 0 Å². The molecule has 1 fully saturated rings. The van der Waals surface area contributed by atoms with Crippen LogP contribution in [0.2, 0.25) is 0 Å². The summed E-state index contributed by atoms with van der Waals surface area (Å²) in [7, 11) is 0. The summed E-state index contributed by atoms with van der Waals surface area (Å²) in [6.45, 7) is 3.90. The van der Waals surface area contributed by atoms with E-state index in [9.17, 15) is 4.39 Å². The third-order valence-electron chi connectivity index (χ3n) is 3.93. The number of piperidine rings is 1. The van der Waals surface area contributed by atoms with Crippen LogP contribution < -0.4 is 5.73 Å². The number of nitrogens with zero attached hydrogens (tertiary/aromatic N) is 2. The maximum Gasteiger partial charge on any atom is 0.124 e. The highest BCUT2D eigenvalue weighted by molar-refractivity contribution is 7.18. The van der Waals surface area contributed by atoms with Gasteiger partial charge in [0.25, 0.3) is 0 Å². The van der Waals surface area contributed by atoms with E-state index in [2.05, 4.69) is 9.88 Å². The van der Waals surface area contributed by atoms with Crippen LogP contribution in [0.15, 0.2) is 18.2 Å². The minimum absolute atomic E-state index is 0.186. The predicted molar refractivity (Wildman–Crippen MR) is 81.3 cm³/mol.